The van der Waals surface area contributed by atoms with Crippen molar-refractivity contribution >= 4 is 37.5 Å². The first-order valence-electron chi connectivity index (χ1n) is 5.87. The van der Waals surface area contributed by atoms with E-state index in [2.05, 4.69) is 4.72 Å². The Morgan fingerprint density at radius 2 is 1.70 bits per heavy atom. The van der Waals surface area contributed by atoms with E-state index in [0.717, 1.165) is 11.6 Å². The fourth-order valence-electron chi connectivity index (χ4n) is 2.16. The van der Waals surface area contributed by atoms with Gasteiger partial charge in [0.15, 0.2) is 0 Å². The molecule has 3 rings (SSSR count). The first kappa shape index (κ1) is 12.7. The molecule has 0 aliphatic carbocycles. The molecular formula is C14H11NO4S. The molecule has 0 bridgehead atoms. The predicted octanol–water partition coefficient (Wildman–Crippen LogP) is 2.32. The number of hydrogen-bond donors (Lipinski definition) is 1. The highest BCUT2D eigenvalue weighted by molar-refractivity contribution is 7.92. The van der Waals surface area contributed by atoms with Gasteiger partial charge in [-0.3, -0.25) is 4.72 Å². The number of fused-ring (bicyclic) bond motifs is 3. The maximum absolute atomic E-state index is 11.8. The predicted molar refractivity (Wildman–Crippen MR) is 78.5 cm³/mol. The van der Waals surface area contributed by atoms with Gasteiger partial charge < -0.3 is 4.42 Å². The maximum Gasteiger partial charge on any atom is 0.344 e. The number of anilines is 1. The van der Waals surface area contributed by atoms with E-state index in [0.29, 0.717) is 22.0 Å². The lowest BCUT2D eigenvalue weighted by Gasteiger charge is -2.06. The van der Waals surface area contributed by atoms with Crippen LogP contribution in [0.4, 0.5) is 5.69 Å². The van der Waals surface area contributed by atoms with Crippen molar-refractivity contribution in [1.29, 1.82) is 0 Å². The molecule has 6 heteroatoms. The summed E-state index contributed by atoms with van der Waals surface area (Å²) in [6, 6.07) is 11.8. The van der Waals surface area contributed by atoms with E-state index in [1.165, 1.54) is 0 Å². The van der Waals surface area contributed by atoms with Crippen LogP contribution in [0.25, 0.3) is 21.7 Å². The average Bonchev–Trinajstić information content (AvgIpc) is 2.38. The van der Waals surface area contributed by atoms with Crippen molar-refractivity contribution in [1.82, 2.24) is 0 Å². The summed E-state index contributed by atoms with van der Waals surface area (Å²) in [5.74, 6) is 0. The van der Waals surface area contributed by atoms with Crippen LogP contribution in [-0.4, -0.2) is 14.7 Å². The normalized spacial score (nSPS) is 11.8. The molecule has 0 amide bonds. The zero-order valence-electron chi connectivity index (χ0n) is 10.6. The Labute approximate surface area is 114 Å². The highest BCUT2D eigenvalue weighted by Gasteiger charge is 2.09. The van der Waals surface area contributed by atoms with Crippen LogP contribution < -0.4 is 10.3 Å². The summed E-state index contributed by atoms with van der Waals surface area (Å²) < 4.78 is 30.2. The molecule has 0 aliphatic heterocycles. The van der Waals surface area contributed by atoms with Gasteiger partial charge in [0.05, 0.1) is 11.6 Å². The lowest BCUT2D eigenvalue weighted by atomic mass is 10.1. The highest BCUT2D eigenvalue weighted by atomic mass is 32.2. The van der Waals surface area contributed by atoms with E-state index in [4.69, 9.17) is 4.42 Å². The van der Waals surface area contributed by atoms with Crippen molar-refractivity contribution in [2.24, 2.45) is 0 Å². The molecule has 2 aromatic carbocycles. The van der Waals surface area contributed by atoms with Gasteiger partial charge in [-0.1, -0.05) is 18.2 Å². The summed E-state index contributed by atoms with van der Waals surface area (Å²) in [5, 5.41) is 1.89. The molecular weight excluding hydrogens is 278 g/mol. The molecule has 0 saturated carbocycles. The van der Waals surface area contributed by atoms with E-state index >= 15 is 0 Å². The Morgan fingerprint density at radius 1 is 1.00 bits per heavy atom. The standard InChI is InChI=1S/C14H11NO4S/c1-20(17,18)15-9-6-7-13-12(8-9)10-4-2-3-5-11(10)14(16)19-13/h2-8,15H,1H3. The summed E-state index contributed by atoms with van der Waals surface area (Å²) in [4.78, 5) is 11.8. The zero-order valence-corrected chi connectivity index (χ0v) is 11.4. The van der Waals surface area contributed by atoms with Crippen LogP contribution in [0.3, 0.4) is 0 Å². The van der Waals surface area contributed by atoms with Gasteiger partial charge in [0.25, 0.3) is 0 Å². The number of rotatable bonds is 2. The van der Waals surface area contributed by atoms with Gasteiger partial charge in [-0.15, -0.1) is 0 Å². The van der Waals surface area contributed by atoms with Crippen molar-refractivity contribution < 1.29 is 12.8 Å². The second-order valence-corrected chi connectivity index (χ2v) is 6.27. The summed E-state index contributed by atoms with van der Waals surface area (Å²) in [6.07, 6.45) is 1.08. The maximum atomic E-state index is 11.8. The third-order valence-electron chi connectivity index (χ3n) is 2.92. The molecule has 0 aliphatic rings. The van der Waals surface area contributed by atoms with Crippen LogP contribution in [-0.2, 0) is 10.0 Å². The number of hydrogen-bond acceptors (Lipinski definition) is 4. The van der Waals surface area contributed by atoms with Crippen molar-refractivity contribution in [2.75, 3.05) is 11.0 Å². The van der Waals surface area contributed by atoms with Crippen molar-refractivity contribution in [3.8, 4) is 0 Å². The second-order valence-electron chi connectivity index (χ2n) is 4.52. The van der Waals surface area contributed by atoms with Crippen molar-refractivity contribution in [2.45, 2.75) is 0 Å². The van der Waals surface area contributed by atoms with Crippen LogP contribution in [0.2, 0.25) is 0 Å². The van der Waals surface area contributed by atoms with E-state index in [1.807, 2.05) is 6.07 Å². The molecule has 0 radical (unpaired) electrons. The molecule has 20 heavy (non-hydrogen) atoms. The fraction of sp³-hybridized carbons (Fsp3) is 0.0714. The molecule has 1 N–H and O–H groups in total. The number of sulfonamides is 1. The highest BCUT2D eigenvalue weighted by Crippen LogP contribution is 2.25. The van der Waals surface area contributed by atoms with Gasteiger partial charge in [-0.25, -0.2) is 13.2 Å². The van der Waals surface area contributed by atoms with Gasteiger partial charge in [-0.2, -0.15) is 0 Å². The molecule has 0 fully saturated rings. The van der Waals surface area contributed by atoms with Crippen LogP contribution >= 0.6 is 0 Å². The van der Waals surface area contributed by atoms with E-state index < -0.39 is 15.6 Å². The summed E-state index contributed by atoms with van der Waals surface area (Å²) in [7, 11) is -3.35. The van der Waals surface area contributed by atoms with E-state index in [-0.39, 0.29) is 0 Å². The van der Waals surface area contributed by atoms with Crippen LogP contribution in [0.1, 0.15) is 0 Å². The molecule has 3 aromatic rings. The van der Waals surface area contributed by atoms with Gasteiger partial charge in [0.2, 0.25) is 10.0 Å². The van der Waals surface area contributed by atoms with E-state index in [1.54, 1.807) is 36.4 Å². The summed E-state index contributed by atoms with van der Waals surface area (Å²) in [5.41, 5.74) is 0.448. The molecule has 102 valence electrons. The lowest BCUT2D eigenvalue weighted by Crippen LogP contribution is -2.09. The molecule has 0 saturated heterocycles. The number of nitrogens with one attached hydrogen (secondary N) is 1. The molecule has 5 nitrogen and oxygen atoms in total. The third kappa shape index (κ3) is 2.25. The minimum atomic E-state index is -3.35. The summed E-state index contributed by atoms with van der Waals surface area (Å²) in [6.45, 7) is 0. The Kier molecular flexibility index (Phi) is 2.76. The van der Waals surface area contributed by atoms with Gasteiger partial charge >= 0.3 is 5.63 Å². The molecule has 0 unspecified atom stereocenters. The van der Waals surface area contributed by atoms with Gasteiger partial charge in [0, 0.05) is 11.1 Å². The van der Waals surface area contributed by atoms with Crippen molar-refractivity contribution in [3.05, 3.63) is 52.9 Å². The SMILES string of the molecule is CS(=O)(=O)Nc1ccc2oc(=O)c3ccccc3c2c1. The van der Waals surface area contributed by atoms with Crippen LogP contribution in [0, 0.1) is 0 Å². The Bertz CT molecular complexity index is 973. The minimum absolute atomic E-state index is 0.406. The van der Waals surface area contributed by atoms with E-state index in [9.17, 15) is 13.2 Å². The van der Waals surface area contributed by atoms with Crippen LogP contribution in [0.15, 0.2) is 51.7 Å². The molecule has 0 atom stereocenters. The fourth-order valence-corrected chi connectivity index (χ4v) is 2.71. The molecule has 1 heterocycles. The largest absolute Gasteiger partial charge is 0.422 e. The Balaban J connectivity index is 2.35. The monoisotopic (exact) mass is 289 g/mol. The van der Waals surface area contributed by atoms with Crippen LogP contribution in [0.5, 0.6) is 0 Å². The zero-order chi connectivity index (χ0) is 14.3. The third-order valence-corrected chi connectivity index (χ3v) is 3.53. The van der Waals surface area contributed by atoms with Gasteiger partial charge in [0.1, 0.15) is 5.58 Å². The molecule has 1 aromatic heterocycles. The first-order valence-corrected chi connectivity index (χ1v) is 7.76. The topological polar surface area (TPSA) is 76.4 Å². The Hall–Kier alpha value is -2.34. The van der Waals surface area contributed by atoms with Crippen molar-refractivity contribution in [3.63, 3.8) is 0 Å². The summed E-state index contributed by atoms with van der Waals surface area (Å²) >= 11 is 0. The number of benzene rings is 2. The van der Waals surface area contributed by atoms with Gasteiger partial charge in [-0.05, 0) is 29.7 Å². The first-order chi connectivity index (χ1) is 9.44. The average molecular weight is 289 g/mol. The minimum Gasteiger partial charge on any atom is -0.422 e. The molecule has 0 spiro atoms. The second kappa shape index (κ2) is 4.35. The lowest BCUT2D eigenvalue weighted by molar-refractivity contribution is 0.569. The quantitative estimate of drug-likeness (QED) is 0.580. The smallest absolute Gasteiger partial charge is 0.344 e. The Morgan fingerprint density at radius 3 is 2.40 bits per heavy atom.